The monoisotopic (exact) mass is 429 g/mol. The molecule has 1 unspecified atom stereocenters. The van der Waals surface area contributed by atoms with Crippen molar-refractivity contribution < 1.29 is 9.69 Å². The lowest BCUT2D eigenvalue weighted by Crippen LogP contribution is -3.05. The molecule has 0 saturated carbocycles. The van der Waals surface area contributed by atoms with E-state index in [2.05, 4.69) is 55.1 Å². The maximum Gasteiger partial charge on any atom is 0.254 e. The summed E-state index contributed by atoms with van der Waals surface area (Å²) in [5.41, 5.74) is 3.75. The van der Waals surface area contributed by atoms with Crippen molar-refractivity contribution in [3.05, 3.63) is 61.5 Å². The number of hydrogen-bond acceptors (Lipinski definition) is 1. The summed E-state index contributed by atoms with van der Waals surface area (Å²) in [5, 5.41) is 3.27. The molecule has 5 rings (SSSR count). The van der Waals surface area contributed by atoms with Crippen LogP contribution in [0.1, 0.15) is 10.4 Å². The molecule has 2 aliphatic heterocycles. The summed E-state index contributed by atoms with van der Waals surface area (Å²) >= 11 is 7.02. The minimum absolute atomic E-state index is 0.127. The molecule has 112 valence electrons. The van der Waals surface area contributed by atoms with Crippen molar-refractivity contribution in [1.29, 1.82) is 0 Å². The minimum Gasteiger partial charge on any atom is -0.349 e. The van der Waals surface area contributed by atoms with E-state index in [1.54, 1.807) is 0 Å². The van der Waals surface area contributed by atoms with Crippen LogP contribution in [0, 0.1) is 0 Å². The highest BCUT2D eigenvalue weighted by atomic mass is 79.9. The van der Waals surface area contributed by atoms with Crippen LogP contribution in [0.5, 0.6) is 0 Å². The number of H-pyrrole nitrogens is 1. The third kappa shape index (κ3) is 1.81. The van der Waals surface area contributed by atoms with E-state index in [1.165, 1.54) is 5.39 Å². The Hall–Kier alpha value is -1.69. The van der Waals surface area contributed by atoms with Crippen LogP contribution in [0.4, 0.5) is 5.69 Å². The van der Waals surface area contributed by atoms with Gasteiger partial charge in [-0.05, 0) is 30.3 Å². The molecular weight excluding hydrogens is 420 g/mol. The Labute approximate surface area is 148 Å². The second-order valence-electron chi connectivity index (χ2n) is 5.88. The van der Waals surface area contributed by atoms with Crippen molar-refractivity contribution >= 4 is 66.0 Å². The first-order valence-electron chi connectivity index (χ1n) is 7.36. The molecule has 2 aromatic carbocycles. The van der Waals surface area contributed by atoms with Gasteiger partial charge in [-0.1, -0.05) is 37.9 Å². The quantitative estimate of drug-likeness (QED) is 0.562. The number of nitrogens with one attached hydrogen (secondary N) is 2. The third-order valence-electron chi connectivity index (χ3n) is 4.64. The highest BCUT2D eigenvalue weighted by Gasteiger charge is 2.40. The molecule has 3 aromatic rings. The molecule has 0 saturated heterocycles. The normalized spacial score (nSPS) is 18.6. The molecule has 23 heavy (non-hydrogen) atoms. The Morgan fingerprint density at radius 2 is 1.83 bits per heavy atom. The van der Waals surface area contributed by atoms with Crippen LogP contribution in [0.2, 0.25) is 0 Å². The molecule has 3 heterocycles. The summed E-state index contributed by atoms with van der Waals surface area (Å²) < 4.78 is 2.03. The first-order chi connectivity index (χ1) is 11.1. The molecule has 1 atom stereocenters. The zero-order valence-corrected chi connectivity index (χ0v) is 15.1. The highest BCUT2D eigenvalue weighted by Crippen LogP contribution is 2.26. The van der Waals surface area contributed by atoms with E-state index in [9.17, 15) is 4.79 Å². The summed E-state index contributed by atoms with van der Waals surface area (Å²) in [7, 11) is 0. The number of quaternary nitrogens is 1. The third-order valence-corrected chi connectivity index (χ3v) is 5.63. The average molecular weight is 431 g/mol. The fourth-order valence-corrected chi connectivity index (χ4v) is 4.37. The van der Waals surface area contributed by atoms with Crippen LogP contribution in [0.3, 0.4) is 0 Å². The van der Waals surface area contributed by atoms with Gasteiger partial charge in [0.25, 0.3) is 5.78 Å². The maximum absolute atomic E-state index is 12.9. The van der Waals surface area contributed by atoms with Crippen molar-refractivity contribution in [2.24, 2.45) is 0 Å². The van der Waals surface area contributed by atoms with Crippen molar-refractivity contribution in [2.75, 3.05) is 6.54 Å². The Morgan fingerprint density at radius 3 is 2.70 bits per heavy atom. The zero-order valence-electron chi connectivity index (χ0n) is 11.9. The molecule has 0 aliphatic carbocycles. The van der Waals surface area contributed by atoms with Crippen LogP contribution < -0.4 is 15.5 Å². The van der Waals surface area contributed by atoms with Gasteiger partial charge in [-0.2, -0.15) is 0 Å². The van der Waals surface area contributed by atoms with Crippen molar-refractivity contribution in [1.82, 2.24) is 4.98 Å². The summed E-state index contributed by atoms with van der Waals surface area (Å²) in [6, 6.07) is 12.1. The first kappa shape index (κ1) is 13.7. The summed E-state index contributed by atoms with van der Waals surface area (Å²) in [4.78, 5) is 17.5. The molecule has 0 amide bonds. The van der Waals surface area contributed by atoms with Gasteiger partial charge in [0.15, 0.2) is 0 Å². The van der Waals surface area contributed by atoms with Gasteiger partial charge >= 0.3 is 0 Å². The van der Waals surface area contributed by atoms with E-state index in [1.807, 2.05) is 24.3 Å². The van der Waals surface area contributed by atoms with Crippen molar-refractivity contribution in [3.63, 3.8) is 0 Å². The smallest absolute Gasteiger partial charge is 0.254 e. The van der Waals surface area contributed by atoms with Gasteiger partial charge in [0.1, 0.15) is 17.6 Å². The lowest BCUT2D eigenvalue weighted by Gasteiger charge is -2.14. The Bertz CT molecular complexity index is 1140. The highest BCUT2D eigenvalue weighted by molar-refractivity contribution is 9.10. The van der Waals surface area contributed by atoms with Gasteiger partial charge in [0.05, 0.1) is 5.56 Å². The second-order valence-corrected chi connectivity index (χ2v) is 7.72. The number of Topliss-reactive ketones (excluding diaryl/α,β-unsaturated/α-hetero) is 1. The first-order valence-corrected chi connectivity index (χ1v) is 8.94. The molecule has 0 bridgehead atoms. The van der Waals surface area contributed by atoms with E-state index in [0.717, 1.165) is 53.4 Å². The van der Waals surface area contributed by atoms with Crippen molar-refractivity contribution in [3.8, 4) is 0 Å². The maximum atomic E-state index is 12.9. The number of ketones is 1. The van der Waals surface area contributed by atoms with Gasteiger partial charge in [-0.3, -0.25) is 9.69 Å². The average Bonchev–Trinajstić information content (AvgIpc) is 3.02. The molecule has 2 N–H and O–H groups in total. The number of carbonyl (C=O) groups is 1. The van der Waals surface area contributed by atoms with Crippen molar-refractivity contribution in [2.45, 2.75) is 0 Å². The number of halogens is 2. The summed E-state index contributed by atoms with van der Waals surface area (Å²) in [5.74, 6) is 0.127. The number of rotatable bonds is 0. The fourth-order valence-electron chi connectivity index (χ4n) is 3.65. The Kier molecular flexibility index (Phi) is 2.78. The van der Waals surface area contributed by atoms with Crippen LogP contribution >= 0.6 is 31.9 Å². The minimum atomic E-state index is 0.127. The Morgan fingerprint density at radius 1 is 1.04 bits per heavy atom. The Balaban J connectivity index is 1.90. The SMILES string of the molecule is O=C1C2=c3[nH]c4cc(Br)ccc4c3=CC[NH+]2c2cc(Br)ccc21. The molecule has 2 aliphatic rings. The van der Waals surface area contributed by atoms with Gasteiger partial charge < -0.3 is 4.98 Å². The van der Waals surface area contributed by atoms with Gasteiger partial charge in [-0.15, -0.1) is 0 Å². The largest absolute Gasteiger partial charge is 0.349 e. The second kappa shape index (κ2) is 4.66. The van der Waals surface area contributed by atoms with E-state index in [4.69, 9.17) is 0 Å². The molecule has 0 radical (unpaired) electrons. The van der Waals surface area contributed by atoms with Crippen LogP contribution in [-0.2, 0) is 0 Å². The van der Waals surface area contributed by atoms with E-state index in [-0.39, 0.29) is 5.78 Å². The number of fused-ring (bicyclic) bond motifs is 6. The van der Waals surface area contributed by atoms with Crippen LogP contribution in [0.25, 0.3) is 22.7 Å². The van der Waals surface area contributed by atoms with Crippen LogP contribution in [-0.4, -0.2) is 17.3 Å². The van der Waals surface area contributed by atoms with E-state index < -0.39 is 0 Å². The molecule has 5 heteroatoms. The predicted molar refractivity (Wildman–Crippen MR) is 97.1 cm³/mol. The molecule has 3 nitrogen and oxygen atoms in total. The summed E-state index contributed by atoms with van der Waals surface area (Å²) in [6.45, 7) is 0.792. The topological polar surface area (TPSA) is 37.3 Å². The standard InChI is InChI=1S/C18H10Br2N2O/c19-9-1-3-11-12-5-6-22-15-8-10(20)2-4-13(15)18(23)17(22)16(12)21-14(11)7-9/h1-5,7-8,21H,6H2/p+1. The van der Waals surface area contributed by atoms with Gasteiger partial charge in [0, 0.05) is 31.1 Å². The lowest BCUT2D eigenvalue weighted by molar-refractivity contribution is -0.738. The molecule has 0 spiro atoms. The number of aromatic amines is 1. The fraction of sp³-hybridized carbons (Fsp3) is 0.0556. The summed E-state index contributed by atoms with van der Waals surface area (Å²) in [6.07, 6.45) is 2.23. The van der Waals surface area contributed by atoms with Gasteiger partial charge in [-0.25, -0.2) is 0 Å². The number of carbonyl (C=O) groups excluding carboxylic acids is 1. The molecule has 0 fully saturated rings. The molecule has 1 aromatic heterocycles. The number of benzene rings is 2. The molecular formula is C18H11Br2N2O+. The number of aromatic nitrogens is 1. The van der Waals surface area contributed by atoms with Crippen LogP contribution in [0.15, 0.2) is 45.3 Å². The lowest BCUT2D eigenvalue weighted by atomic mass is 10.1. The predicted octanol–water partition coefficient (Wildman–Crippen LogP) is 2.01. The number of hydrogen-bond donors (Lipinski definition) is 2. The van der Waals surface area contributed by atoms with Gasteiger partial charge in [0.2, 0.25) is 5.70 Å². The van der Waals surface area contributed by atoms with E-state index in [0.29, 0.717) is 0 Å². The zero-order chi connectivity index (χ0) is 15.7. The van der Waals surface area contributed by atoms with E-state index >= 15 is 0 Å².